The molecule has 1 atom stereocenters. The standard InChI is InChI=1S/C57H98O6/c1-4-7-10-13-15-17-19-21-23-24-25-26-27-28-29-30-31-32-34-35-37-39-41-44-47-50-56(59)62-53-54(52-61-55(58)49-46-43-12-9-6-3)63-57(60)51-48-45-42-40-38-36-33-22-20-18-16-14-11-8-5-2/h8,11,16,18,22,24-25,33,38,40,45,48,54H,4-7,9-10,12-15,17,19-21,23,26-32,34-37,39,41-44,46-47,49-53H2,1-3H3/b11-8-,18-16-,25-24-,33-22-,40-38-,48-45-. The predicted molar refractivity (Wildman–Crippen MR) is 270 cm³/mol. The van der Waals surface area contributed by atoms with E-state index in [-0.39, 0.29) is 31.6 Å². The minimum atomic E-state index is -0.824. The first kappa shape index (κ1) is 59.9. The molecule has 0 heterocycles. The number of unbranched alkanes of at least 4 members (excludes halogenated alkanes) is 25. The van der Waals surface area contributed by atoms with Crippen LogP contribution in [0.2, 0.25) is 0 Å². The van der Waals surface area contributed by atoms with E-state index in [9.17, 15) is 14.4 Å². The summed E-state index contributed by atoms with van der Waals surface area (Å²) in [5.41, 5.74) is 0. The van der Waals surface area contributed by atoms with Crippen LogP contribution in [-0.2, 0) is 28.6 Å². The molecular weight excluding hydrogens is 781 g/mol. The molecule has 0 aromatic heterocycles. The predicted octanol–water partition coefficient (Wildman–Crippen LogP) is 17.4. The molecule has 0 radical (unpaired) electrons. The minimum Gasteiger partial charge on any atom is -0.462 e. The SMILES string of the molecule is CC/C=C\C/C=C\C/C=C\C/C=C\C/C=C\CC(=O)OC(COC(=O)CCCCCCC)COC(=O)CCCCCCCCCCCCCCC/C=C\CCCCCCCCCC. The van der Waals surface area contributed by atoms with Crippen LogP contribution >= 0.6 is 0 Å². The second-order valence-electron chi connectivity index (χ2n) is 17.4. The zero-order valence-electron chi connectivity index (χ0n) is 41.3. The number of carbonyl (C=O) groups excluding carboxylic acids is 3. The van der Waals surface area contributed by atoms with Crippen molar-refractivity contribution in [2.24, 2.45) is 0 Å². The van der Waals surface area contributed by atoms with Crippen LogP contribution < -0.4 is 0 Å². The summed E-state index contributed by atoms with van der Waals surface area (Å²) < 4.78 is 16.5. The van der Waals surface area contributed by atoms with E-state index in [1.165, 1.54) is 128 Å². The van der Waals surface area contributed by atoms with E-state index in [4.69, 9.17) is 14.2 Å². The lowest BCUT2D eigenvalue weighted by Crippen LogP contribution is -2.30. The van der Waals surface area contributed by atoms with Gasteiger partial charge in [0, 0.05) is 12.8 Å². The second kappa shape index (κ2) is 51.5. The minimum absolute atomic E-state index is 0.0983. The molecule has 6 heteroatoms. The molecule has 0 aliphatic heterocycles. The van der Waals surface area contributed by atoms with Crippen LogP contribution in [0.3, 0.4) is 0 Å². The Kier molecular flexibility index (Phi) is 48.9. The Bertz CT molecular complexity index is 1190. The quantitative estimate of drug-likeness (QED) is 0.0262. The third kappa shape index (κ3) is 49.7. The number of allylic oxidation sites excluding steroid dienone is 11. The van der Waals surface area contributed by atoms with Crippen molar-refractivity contribution in [3.63, 3.8) is 0 Å². The van der Waals surface area contributed by atoms with Crippen LogP contribution in [0.15, 0.2) is 72.9 Å². The first-order valence-corrected chi connectivity index (χ1v) is 26.4. The topological polar surface area (TPSA) is 78.9 Å². The van der Waals surface area contributed by atoms with Gasteiger partial charge in [0.1, 0.15) is 13.2 Å². The molecule has 0 amide bonds. The Morgan fingerprint density at radius 2 is 0.667 bits per heavy atom. The van der Waals surface area contributed by atoms with Gasteiger partial charge in [-0.15, -0.1) is 0 Å². The molecule has 0 aromatic carbocycles. The summed E-state index contributed by atoms with van der Waals surface area (Å²) in [7, 11) is 0. The van der Waals surface area contributed by atoms with Crippen molar-refractivity contribution < 1.29 is 28.6 Å². The van der Waals surface area contributed by atoms with E-state index in [0.29, 0.717) is 12.8 Å². The fourth-order valence-electron chi connectivity index (χ4n) is 7.28. The Hall–Kier alpha value is -3.15. The molecule has 0 N–H and O–H groups in total. The molecule has 0 saturated heterocycles. The lowest BCUT2D eigenvalue weighted by atomic mass is 10.0. The molecule has 0 aliphatic rings. The summed E-state index contributed by atoms with van der Waals surface area (Å²) in [6.07, 6.45) is 65.4. The third-order valence-corrected chi connectivity index (χ3v) is 11.2. The highest BCUT2D eigenvalue weighted by Gasteiger charge is 2.19. The first-order chi connectivity index (χ1) is 31.0. The van der Waals surface area contributed by atoms with Crippen molar-refractivity contribution in [3.05, 3.63) is 72.9 Å². The largest absolute Gasteiger partial charge is 0.462 e. The molecule has 362 valence electrons. The molecule has 0 saturated carbocycles. The van der Waals surface area contributed by atoms with Gasteiger partial charge in [-0.1, -0.05) is 235 Å². The molecule has 0 spiro atoms. The van der Waals surface area contributed by atoms with Crippen molar-refractivity contribution in [2.75, 3.05) is 13.2 Å². The number of hydrogen-bond acceptors (Lipinski definition) is 6. The lowest BCUT2D eigenvalue weighted by Gasteiger charge is -2.18. The second-order valence-corrected chi connectivity index (χ2v) is 17.4. The summed E-state index contributed by atoms with van der Waals surface area (Å²) in [5, 5.41) is 0. The number of carbonyl (C=O) groups is 3. The van der Waals surface area contributed by atoms with Gasteiger partial charge in [-0.2, -0.15) is 0 Å². The first-order valence-electron chi connectivity index (χ1n) is 26.4. The molecule has 0 fully saturated rings. The molecule has 6 nitrogen and oxygen atoms in total. The van der Waals surface area contributed by atoms with Crippen LogP contribution in [0.5, 0.6) is 0 Å². The number of esters is 3. The van der Waals surface area contributed by atoms with Gasteiger partial charge in [0.05, 0.1) is 6.42 Å². The zero-order chi connectivity index (χ0) is 45.8. The highest BCUT2D eigenvalue weighted by Crippen LogP contribution is 2.15. The molecular formula is C57H98O6. The third-order valence-electron chi connectivity index (χ3n) is 11.2. The number of rotatable bonds is 47. The highest BCUT2D eigenvalue weighted by atomic mass is 16.6. The maximum atomic E-state index is 12.7. The summed E-state index contributed by atoms with van der Waals surface area (Å²) in [5.74, 6) is -1.06. The fourth-order valence-corrected chi connectivity index (χ4v) is 7.28. The van der Waals surface area contributed by atoms with Crippen LogP contribution in [0.1, 0.15) is 252 Å². The fraction of sp³-hybridized carbons (Fsp3) is 0.737. The molecule has 0 rings (SSSR count). The van der Waals surface area contributed by atoms with E-state index >= 15 is 0 Å². The van der Waals surface area contributed by atoms with Crippen LogP contribution in [-0.4, -0.2) is 37.2 Å². The van der Waals surface area contributed by atoms with E-state index in [0.717, 1.165) is 83.5 Å². The van der Waals surface area contributed by atoms with Gasteiger partial charge in [0.25, 0.3) is 0 Å². The molecule has 0 bridgehead atoms. The van der Waals surface area contributed by atoms with Gasteiger partial charge < -0.3 is 14.2 Å². The van der Waals surface area contributed by atoms with Gasteiger partial charge in [-0.25, -0.2) is 0 Å². The zero-order valence-corrected chi connectivity index (χ0v) is 41.3. The summed E-state index contributed by atoms with van der Waals surface area (Å²) >= 11 is 0. The summed E-state index contributed by atoms with van der Waals surface area (Å²) in [6.45, 7) is 6.36. The molecule has 63 heavy (non-hydrogen) atoms. The van der Waals surface area contributed by atoms with E-state index in [2.05, 4.69) is 81.5 Å². The average molecular weight is 879 g/mol. The number of hydrogen-bond donors (Lipinski definition) is 0. The van der Waals surface area contributed by atoms with Crippen molar-refractivity contribution in [3.8, 4) is 0 Å². The van der Waals surface area contributed by atoms with Crippen molar-refractivity contribution in [1.82, 2.24) is 0 Å². The van der Waals surface area contributed by atoms with Crippen molar-refractivity contribution in [1.29, 1.82) is 0 Å². The Balaban J connectivity index is 4.14. The average Bonchev–Trinajstić information content (AvgIpc) is 3.28. The summed E-state index contributed by atoms with van der Waals surface area (Å²) in [4.78, 5) is 37.6. The summed E-state index contributed by atoms with van der Waals surface area (Å²) in [6, 6.07) is 0. The van der Waals surface area contributed by atoms with Crippen molar-refractivity contribution in [2.45, 2.75) is 258 Å². The van der Waals surface area contributed by atoms with Gasteiger partial charge >= 0.3 is 17.9 Å². The maximum absolute atomic E-state index is 12.7. The Morgan fingerprint density at radius 3 is 1.03 bits per heavy atom. The van der Waals surface area contributed by atoms with Crippen LogP contribution in [0.4, 0.5) is 0 Å². The van der Waals surface area contributed by atoms with E-state index in [1.54, 1.807) is 6.08 Å². The monoisotopic (exact) mass is 879 g/mol. The van der Waals surface area contributed by atoms with E-state index in [1.807, 2.05) is 6.08 Å². The number of ether oxygens (including phenoxy) is 3. The van der Waals surface area contributed by atoms with Gasteiger partial charge in [0.15, 0.2) is 6.10 Å². The van der Waals surface area contributed by atoms with Gasteiger partial charge in [-0.3, -0.25) is 14.4 Å². The lowest BCUT2D eigenvalue weighted by molar-refractivity contribution is -0.166. The van der Waals surface area contributed by atoms with Gasteiger partial charge in [-0.05, 0) is 70.6 Å². The Labute approximate surface area is 389 Å². The highest BCUT2D eigenvalue weighted by molar-refractivity contribution is 5.72. The maximum Gasteiger partial charge on any atom is 0.310 e. The molecule has 1 unspecified atom stereocenters. The normalized spacial score (nSPS) is 12.6. The molecule has 0 aliphatic carbocycles. The molecule has 0 aromatic rings. The van der Waals surface area contributed by atoms with Crippen LogP contribution in [0, 0.1) is 0 Å². The van der Waals surface area contributed by atoms with Crippen LogP contribution in [0.25, 0.3) is 0 Å². The van der Waals surface area contributed by atoms with E-state index < -0.39 is 12.1 Å². The van der Waals surface area contributed by atoms with Crippen molar-refractivity contribution >= 4 is 17.9 Å². The smallest absolute Gasteiger partial charge is 0.310 e. The van der Waals surface area contributed by atoms with Gasteiger partial charge in [0.2, 0.25) is 0 Å². The Morgan fingerprint density at radius 1 is 0.349 bits per heavy atom.